The molecule has 0 atom stereocenters. The summed E-state index contributed by atoms with van der Waals surface area (Å²) < 4.78 is 37.7. The summed E-state index contributed by atoms with van der Waals surface area (Å²) in [7, 11) is -2.62. The number of rotatable bonds is 7. The Hall–Kier alpha value is -5.04. The van der Waals surface area contributed by atoms with Crippen molar-refractivity contribution in [2.24, 2.45) is 7.05 Å². The molecule has 3 aromatic carbocycles. The maximum atomic E-state index is 13.2. The van der Waals surface area contributed by atoms with E-state index in [-0.39, 0.29) is 16.1 Å². The Kier molecular flexibility index (Phi) is 6.58. The third-order valence-electron chi connectivity index (χ3n) is 6.12. The lowest BCUT2D eigenvalue weighted by molar-refractivity contribution is 0.0336. The molecule has 198 valence electrons. The van der Waals surface area contributed by atoms with E-state index >= 15 is 0 Å². The second-order valence-corrected chi connectivity index (χ2v) is 10.2. The quantitative estimate of drug-likeness (QED) is 0.306. The first kappa shape index (κ1) is 25.6. The molecule has 0 fully saturated rings. The van der Waals surface area contributed by atoms with Crippen LogP contribution in [0.1, 0.15) is 16.1 Å². The number of nitrogens with zero attached hydrogens (tertiary/aromatic N) is 5. The number of sulfonamides is 1. The number of benzene rings is 3. The fourth-order valence-corrected chi connectivity index (χ4v) is 5.14. The van der Waals surface area contributed by atoms with Gasteiger partial charge in [0.2, 0.25) is 0 Å². The molecule has 5 rings (SSSR count). The first-order chi connectivity index (χ1) is 18.7. The number of esters is 1. The van der Waals surface area contributed by atoms with Gasteiger partial charge in [-0.1, -0.05) is 41.6 Å². The Morgan fingerprint density at radius 2 is 1.67 bits per heavy atom. The summed E-state index contributed by atoms with van der Waals surface area (Å²) in [5, 5.41) is 8.00. The lowest BCUT2D eigenvalue weighted by Gasteiger charge is -2.09. The van der Waals surface area contributed by atoms with Gasteiger partial charge in [0, 0.05) is 7.05 Å². The van der Waals surface area contributed by atoms with Crippen LogP contribution in [-0.2, 0) is 28.5 Å². The number of aromatic nitrogens is 5. The molecule has 0 amide bonds. The zero-order valence-corrected chi connectivity index (χ0v) is 21.6. The van der Waals surface area contributed by atoms with Crippen LogP contribution >= 0.6 is 0 Å². The van der Waals surface area contributed by atoms with E-state index < -0.39 is 33.8 Å². The Labute approximate surface area is 221 Å². The van der Waals surface area contributed by atoms with Crippen LogP contribution in [0.25, 0.3) is 16.6 Å². The fraction of sp³-hybridized carbons (Fsp3) is 0.115. The molecule has 0 aliphatic heterocycles. The van der Waals surface area contributed by atoms with E-state index in [2.05, 4.69) is 15.0 Å². The predicted octanol–water partition coefficient (Wildman–Crippen LogP) is 2.20. The van der Waals surface area contributed by atoms with E-state index in [1.54, 1.807) is 73.3 Å². The number of fused-ring (bicyclic) bond motifs is 1. The third kappa shape index (κ3) is 4.82. The molecule has 5 aromatic rings. The molecule has 0 aliphatic rings. The molecule has 0 saturated heterocycles. The van der Waals surface area contributed by atoms with Crippen molar-refractivity contribution in [3.05, 3.63) is 111 Å². The summed E-state index contributed by atoms with van der Waals surface area (Å²) in [4.78, 5) is 38.1. The second kappa shape index (κ2) is 10.0. The second-order valence-electron chi connectivity index (χ2n) is 8.54. The van der Waals surface area contributed by atoms with Crippen LogP contribution in [0.15, 0.2) is 93.3 Å². The van der Waals surface area contributed by atoms with Gasteiger partial charge in [0.05, 0.1) is 27.2 Å². The van der Waals surface area contributed by atoms with Crippen molar-refractivity contribution >= 4 is 32.6 Å². The molecule has 39 heavy (non-hydrogen) atoms. The molecule has 2 heterocycles. The molecule has 0 aliphatic carbocycles. The lowest BCUT2D eigenvalue weighted by Crippen LogP contribution is -2.26. The minimum absolute atomic E-state index is 0.0776. The summed E-state index contributed by atoms with van der Waals surface area (Å²) in [5.74, 6) is -0.878. The molecule has 0 spiro atoms. The largest absolute Gasteiger partial charge is 0.439 e. The van der Waals surface area contributed by atoms with Crippen molar-refractivity contribution < 1.29 is 17.9 Å². The van der Waals surface area contributed by atoms with Crippen LogP contribution < -0.4 is 15.8 Å². The van der Waals surface area contributed by atoms with Crippen molar-refractivity contribution in [3.63, 3.8) is 0 Å². The third-order valence-corrected chi connectivity index (χ3v) is 7.47. The molecular formula is C26H22N6O6S. The zero-order chi connectivity index (χ0) is 27.7. The molecule has 0 bridgehead atoms. The average Bonchev–Trinajstić information content (AvgIpc) is 3.15. The number of hydrogen-bond acceptors (Lipinski definition) is 8. The van der Waals surface area contributed by atoms with Crippen LogP contribution in [0.5, 0.6) is 0 Å². The van der Waals surface area contributed by atoms with E-state index in [0.29, 0.717) is 22.3 Å². The standard InChI is InChI=1S/C26H22N6O6S/c1-17-23(25(34)32(30(17)2)19-10-4-3-5-11-19)28-39(36,37)20-12-8-9-18(15-20)26(35)38-16-31-24(33)21-13-6-7-14-22(21)27-29-31/h3-15,28H,16H2,1-2H3. The Morgan fingerprint density at radius 1 is 0.949 bits per heavy atom. The van der Waals surface area contributed by atoms with Gasteiger partial charge in [-0.2, -0.15) is 4.68 Å². The molecule has 0 unspecified atom stereocenters. The predicted molar refractivity (Wildman–Crippen MR) is 142 cm³/mol. The normalized spacial score (nSPS) is 11.4. The number of para-hydroxylation sites is 1. The van der Waals surface area contributed by atoms with Gasteiger partial charge in [-0.05, 0) is 49.4 Å². The van der Waals surface area contributed by atoms with Gasteiger partial charge in [-0.25, -0.2) is 17.9 Å². The summed E-state index contributed by atoms with van der Waals surface area (Å²) in [6, 6.07) is 20.5. The molecule has 1 N–H and O–H groups in total. The van der Waals surface area contributed by atoms with Crippen LogP contribution in [0.3, 0.4) is 0 Å². The maximum Gasteiger partial charge on any atom is 0.339 e. The highest BCUT2D eigenvalue weighted by atomic mass is 32.2. The summed E-state index contributed by atoms with van der Waals surface area (Å²) in [6.07, 6.45) is 0. The van der Waals surface area contributed by atoms with Gasteiger partial charge in [0.15, 0.2) is 6.73 Å². The number of carbonyl (C=O) groups is 1. The molecule has 13 heteroatoms. The van der Waals surface area contributed by atoms with Crippen molar-refractivity contribution in [2.75, 3.05) is 4.72 Å². The highest BCUT2D eigenvalue weighted by Crippen LogP contribution is 2.20. The molecule has 12 nitrogen and oxygen atoms in total. The summed E-state index contributed by atoms with van der Waals surface area (Å²) >= 11 is 0. The Morgan fingerprint density at radius 3 is 2.44 bits per heavy atom. The van der Waals surface area contributed by atoms with Gasteiger partial charge in [0.1, 0.15) is 11.2 Å². The number of ether oxygens (including phenoxy) is 1. The van der Waals surface area contributed by atoms with Crippen molar-refractivity contribution in [3.8, 4) is 5.69 Å². The minimum Gasteiger partial charge on any atom is -0.439 e. The van der Waals surface area contributed by atoms with E-state index in [9.17, 15) is 22.8 Å². The van der Waals surface area contributed by atoms with Gasteiger partial charge in [0.25, 0.3) is 21.1 Å². The zero-order valence-electron chi connectivity index (χ0n) is 20.8. The maximum absolute atomic E-state index is 13.2. The summed E-state index contributed by atoms with van der Waals surface area (Å²) in [6.45, 7) is 1.09. The topological polar surface area (TPSA) is 147 Å². The number of hydrogen-bond donors (Lipinski definition) is 1. The first-order valence-electron chi connectivity index (χ1n) is 11.6. The summed E-state index contributed by atoms with van der Waals surface area (Å²) in [5.41, 5.74) is 0.119. The van der Waals surface area contributed by atoms with Gasteiger partial charge < -0.3 is 4.74 Å². The van der Waals surface area contributed by atoms with Crippen LogP contribution in [0.4, 0.5) is 5.69 Å². The number of anilines is 1. The van der Waals surface area contributed by atoms with E-state index in [1.807, 2.05) is 0 Å². The van der Waals surface area contributed by atoms with Crippen LogP contribution in [0.2, 0.25) is 0 Å². The number of carbonyl (C=O) groups excluding carboxylic acids is 1. The van der Waals surface area contributed by atoms with Crippen molar-refractivity contribution in [2.45, 2.75) is 18.6 Å². The smallest absolute Gasteiger partial charge is 0.339 e. The lowest BCUT2D eigenvalue weighted by atomic mass is 10.2. The molecular weight excluding hydrogens is 524 g/mol. The Balaban J connectivity index is 1.37. The molecule has 0 radical (unpaired) electrons. The SMILES string of the molecule is Cc1c(NS(=O)(=O)c2cccc(C(=O)OCn3nnc4ccccc4c3=O)c2)c(=O)n(-c2ccccc2)n1C. The van der Waals surface area contributed by atoms with Gasteiger partial charge in [-0.3, -0.25) is 19.0 Å². The Bertz CT molecular complexity index is 1940. The van der Waals surface area contributed by atoms with Gasteiger partial charge >= 0.3 is 5.97 Å². The molecule has 2 aromatic heterocycles. The van der Waals surface area contributed by atoms with Crippen molar-refractivity contribution in [1.82, 2.24) is 24.4 Å². The highest BCUT2D eigenvalue weighted by molar-refractivity contribution is 7.92. The van der Waals surface area contributed by atoms with Gasteiger partial charge in [-0.15, -0.1) is 5.10 Å². The van der Waals surface area contributed by atoms with Crippen molar-refractivity contribution in [1.29, 1.82) is 0 Å². The van der Waals surface area contributed by atoms with E-state index in [1.165, 1.54) is 22.9 Å². The average molecular weight is 547 g/mol. The van der Waals surface area contributed by atoms with Crippen LogP contribution in [-0.4, -0.2) is 38.7 Å². The van der Waals surface area contributed by atoms with E-state index in [4.69, 9.17) is 4.74 Å². The monoisotopic (exact) mass is 546 g/mol. The van der Waals surface area contributed by atoms with Crippen LogP contribution in [0, 0.1) is 6.92 Å². The number of nitrogens with one attached hydrogen (secondary N) is 1. The first-order valence-corrected chi connectivity index (χ1v) is 13.1. The minimum atomic E-state index is -4.26. The van der Waals surface area contributed by atoms with E-state index in [0.717, 1.165) is 10.7 Å². The highest BCUT2D eigenvalue weighted by Gasteiger charge is 2.23. The molecule has 0 saturated carbocycles. The fourth-order valence-electron chi connectivity index (χ4n) is 3.98.